The van der Waals surface area contributed by atoms with Gasteiger partial charge in [-0.2, -0.15) is 0 Å². The monoisotopic (exact) mass is 173 g/mol. The van der Waals surface area contributed by atoms with E-state index in [1.54, 1.807) is 0 Å². The van der Waals surface area contributed by atoms with Gasteiger partial charge in [-0.05, 0) is 12.3 Å². The first-order valence-corrected chi connectivity index (χ1v) is 4.58. The number of rotatable bonds is 8. The summed E-state index contributed by atoms with van der Waals surface area (Å²) in [6.45, 7) is 5.08. The lowest BCUT2D eigenvalue weighted by molar-refractivity contribution is -0.120. The van der Waals surface area contributed by atoms with Gasteiger partial charge in [0.05, 0.1) is 6.61 Å². The van der Waals surface area contributed by atoms with Gasteiger partial charge in [0.25, 0.3) is 0 Å². The molecule has 0 aliphatic heterocycles. The maximum Gasteiger partial charge on any atom is 0.230 e. The van der Waals surface area contributed by atoms with E-state index in [9.17, 15) is 4.79 Å². The number of hydroxylamine groups is 1. The second kappa shape index (κ2) is 8.53. The Labute approximate surface area is 74.4 Å². The zero-order chi connectivity index (χ0) is 9.23. The minimum Gasteiger partial charge on any atom is -0.277 e. The molecule has 72 valence electrons. The minimum absolute atomic E-state index is 0.550. The largest absolute Gasteiger partial charge is 0.277 e. The lowest BCUT2D eigenvalue weighted by Crippen LogP contribution is -2.12. The summed E-state index contributed by atoms with van der Waals surface area (Å²) < 4.78 is 0. The molecule has 0 saturated carbocycles. The second-order valence-corrected chi connectivity index (χ2v) is 3.33. The van der Waals surface area contributed by atoms with Gasteiger partial charge in [0, 0.05) is 0 Å². The molecule has 0 aromatic rings. The van der Waals surface area contributed by atoms with E-state index in [0.29, 0.717) is 13.0 Å². The summed E-state index contributed by atoms with van der Waals surface area (Å²) in [5.74, 6) is 0.791. The molecule has 0 saturated heterocycles. The van der Waals surface area contributed by atoms with E-state index >= 15 is 0 Å². The summed E-state index contributed by atoms with van der Waals surface area (Å²) in [6.07, 6.45) is 5.28. The van der Waals surface area contributed by atoms with Gasteiger partial charge < -0.3 is 0 Å². The highest BCUT2D eigenvalue weighted by Crippen LogP contribution is 2.07. The predicted molar refractivity (Wildman–Crippen MR) is 48.5 cm³/mol. The zero-order valence-corrected chi connectivity index (χ0v) is 8.01. The van der Waals surface area contributed by atoms with Gasteiger partial charge in [-0.3, -0.25) is 9.63 Å². The van der Waals surface area contributed by atoms with E-state index in [1.807, 2.05) is 0 Å². The molecule has 0 bridgehead atoms. The maximum atomic E-state index is 9.75. The van der Waals surface area contributed by atoms with Crippen molar-refractivity contribution in [1.82, 2.24) is 5.48 Å². The van der Waals surface area contributed by atoms with Crippen LogP contribution in [0, 0.1) is 5.92 Å². The molecule has 0 aliphatic carbocycles. The Bertz CT molecular complexity index is 105. The van der Waals surface area contributed by atoms with Crippen LogP contribution in [0.4, 0.5) is 0 Å². The topological polar surface area (TPSA) is 38.3 Å². The van der Waals surface area contributed by atoms with Crippen molar-refractivity contribution >= 4 is 6.41 Å². The van der Waals surface area contributed by atoms with Crippen LogP contribution in [-0.4, -0.2) is 13.0 Å². The van der Waals surface area contributed by atoms with Crippen LogP contribution in [0.15, 0.2) is 0 Å². The van der Waals surface area contributed by atoms with Gasteiger partial charge in [-0.15, -0.1) is 0 Å². The summed E-state index contributed by atoms with van der Waals surface area (Å²) in [5.41, 5.74) is 2.17. The summed E-state index contributed by atoms with van der Waals surface area (Å²) in [5, 5.41) is 0. The number of carbonyl (C=O) groups is 1. The average Bonchev–Trinajstić information content (AvgIpc) is 2.02. The zero-order valence-electron chi connectivity index (χ0n) is 8.01. The van der Waals surface area contributed by atoms with Gasteiger partial charge >= 0.3 is 0 Å². The first-order valence-electron chi connectivity index (χ1n) is 4.58. The third-order valence-corrected chi connectivity index (χ3v) is 1.66. The number of hydrogen-bond acceptors (Lipinski definition) is 2. The Morgan fingerprint density at radius 2 is 2.08 bits per heavy atom. The fourth-order valence-electron chi connectivity index (χ4n) is 0.997. The molecule has 0 aromatic carbocycles. The summed E-state index contributed by atoms with van der Waals surface area (Å²) in [4.78, 5) is 14.5. The fourth-order valence-corrected chi connectivity index (χ4v) is 0.997. The molecule has 1 amide bonds. The highest BCUT2D eigenvalue weighted by Gasteiger charge is 1.93. The number of amides is 1. The van der Waals surface area contributed by atoms with Crippen molar-refractivity contribution in [2.45, 2.75) is 39.5 Å². The molecule has 0 unspecified atom stereocenters. The lowest BCUT2D eigenvalue weighted by Gasteiger charge is -2.03. The van der Waals surface area contributed by atoms with E-state index in [4.69, 9.17) is 4.84 Å². The molecular weight excluding hydrogens is 154 g/mol. The van der Waals surface area contributed by atoms with Gasteiger partial charge in [-0.25, -0.2) is 5.48 Å². The molecule has 0 spiro atoms. The highest BCUT2D eigenvalue weighted by molar-refractivity contribution is 5.43. The normalized spacial score (nSPS) is 10.2. The van der Waals surface area contributed by atoms with Crippen molar-refractivity contribution in [3.63, 3.8) is 0 Å². The summed E-state index contributed by atoms with van der Waals surface area (Å²) in [6, 6.07) is 0. The Morgan fingerprint density at radius 3 is 2.67 bits per heavy atom. The van der Waals surface area contributed by atoms with Gasteiger partial charge in [0.15, 0.2) is 0 Å². The van der Waals surface area contributed by atoms with Crippen molar-refractivity contribution in [1.29, 1.82) is 0 Å². The predicted octanol–water partition coefficient (Wildman–Crippen LogP) is 1.88. The minimum atomic E-state index is 0.550. The van der Waals surface area contributed by atoms with E-state index in [1.165, 1.54) is 19.3 Å². The van der Waals surface area contributed by atoms with Crippen molar-refractivity contribution in [3.8, 4) is 0 Å². The molecule has 0 aromatic heterocycles. The molecule has 0 fully saturated rings. The number of carbonyl (C=O) groups excluding carboxylic acids is 1. The highest BCUT2D eigenvalue weighted by atomic mass is 16.6. The summed E-state index contributed by atoms with van der Waals surface area (Å²) >= 11 is 0. The molecule has 3 nitrogen and oxygen atoms in total. The van der Waals surface area contributed by atoms with E-state index in [2.05, 4.69) is 19.3 Å². The maximum absolute atomic E-state index is 9.75. The van der Waals surface area contributed by atoms with Crippen LogP contribution in [0.3, 0.4) is 0 Å². The van der Waals surface area contributed by atoms with Gasteiger partial charge in [-0.1, -0.05) is 33.1 Å². The fraction of sp³-hybridized carbons (Fsp3) is 0.889. The average molecular weight is 173 g/mol. The summed E-state index contributed by atoms with van der Waals surface area (Å²) in [7, 11) is 0. The Hall–Kier alpha value is -0.570. The van der Waals surface area contributed by atoms with Gasteiger partial charge in [0.2, 0.25) is 6.41 Å². The SMILES string of the molecule is CC(C)CCCCCONC=O. The Kier molecular flexibility index (Phi) is 8.12. The molecule has 0 heterocycles. The lowest BCUT2D eigenvalue weighted by atomic mass is 10.1. The molecule has 1 N–H and O–H groups in total. The van der Waals surface area contributed by atoms with E-state index in [-0.39, 0.29) is 0 Å². The van der Waals surface area contributed by atoms with Crippen molar-refractivity contribution in [2.75, 3.05) is 6.61 Å². The Balaban J connectivity index is 2.86. The number of nitrogens with one attached hydrogen (secondary N) is 1. The number of unbranched alkanes of at least 4 members (excludes halogenated alkanes) is 2. The van der Waals surface area contributed by atoms with Crippen molar-refractivity contribution in [2.24, 2.45) is 5.92 Å². The van der Waals surface area contributed by atoms with Crippen LogP contribution in [0.1, 0.15) is 39.5 Å². The van der Waals surface area contributed by atoms with E-state index in [0.717, 1.165) is 12.3 Å². The van der Waals surface area contributed by atoms with Crippen LogP contribution in [0.25, 0.3) is 0 Å². The van der Waals surface area contributed by atoms with Crippen LogP contribution in [0.2, 0.25) is 0 Å². The Morgan fingerprint density at radius 1 is 1.33 bits per heavy atom. The van der Waals surface area contributed by atoms with Crippen molar-refractivity contribution in [3.05, 3.63) is 0 Å². The molecule has 0 atom stereocenters. The quantitative estimate of drug-likeness (QED) is 0.346. The van der Waals surface area contributed by atoms with Crippen LogP contribution in [0.5, 0.6) is 0 Å². The number of hydrogen-bond donors (Lipinski definition) is 1. The second-order valence-electron chi connectivity index (χ2n) is 3.33. The molecule has 12 heavy (non-hydrogen) atoms. The molecule has 0 radical (unpaired) electrons. The van der Waals surface area contributed by atoms with Crippen LogP contribution in [-0.2, 0) is 9.63 Å². The standard InChI is InChI=1S/C9H19NO2/c1-9(2)6-4-3-5-7-12-10-8-11/h8-9H,3-7H2,1-2H3,(H,10,11). The molecule has 0 aliphatic rings. The first-order chi connectivity index (χ1) is 5.77. The van der Waals surface area contributed by atoms with E-state index < -0.39 is 0 Å². The molecular formula is C9H19NO2. The van der Waals surface area contributed by atoms with Crippen molar-refractivity contribution < 1.29 is 9.63 Å². The first kappa shape index (κ1) is 11.4. The van der Waals surface area contributed by atoms with Crippen LogP contribution >= 0.6 is 0 Å². The third kappa shape index (κ3) is 9.43. The van der Waals surface area contributed by atoms with Crippen LogP contribution < -0.4 is 5.48 Å². The molecule has 3 heteroatoms. The van der Waals surface area contributed by atoms with Gasteiger partial charge in [0.1, 0.15) is 0 Å². The molecule has 0 rings (SSSR count). The smallest absolute Gasteiger partial charge is 0.230 e. The third-order valence-electron chi connectivity index (χ3n) is 1.66.